The zero-order valence-corrected chi connectivity index (χ0v) is 13.2. The maximum absolute atomic E-state index is 11.9. The Balaban J connectivity index is 2.08. The highest BCUT2D eigenvalue weighted by molar-refractivity contribution is 7.89. The summed E-state index contributed by atoms with van der Waals surface area (Å²) in [4.78, 5) is 11.7. The Kier molecular flexibility index (Phi) is 3.05. The number of rotatable bonds is 2. The van der Waals surface area contributed by atoms with Crippen LogP contribution in [0.5, 0.6) is 0 Å². The van der Waals surface area contributed by atoms with Crippen molar-refractivity contribution < 1.29 is 8.42 Å². The second-order valence-electron chi connectivity index (χ2n) is 5.40. The van der Waals surface area contributed by atoms with E-state index in [4.69, 9.17) is 10.9 Å². The molecule has 0 aliphatic carbocycles. The first-order valence-corrected chi connectivity index (χ1v) is 8.64. The summed E-state index contributed by atoms with van der Waals surface area (Å²) in [5, 5.41) is 7.12. The Morgan fingerprint density at radius 2 is 1.88 bits per heavy atom. The number of hydrogen-bond acceptors (Lipinski definition) is 5. The Morgan fingerprint density at radius 1 is 1.04 bits per heavy atom. The number of nitrogen functional groups attached to an aromatic ring is 1. The van der Waals surface area contributed by atoms with Crippen LogP contribution in [0.15, 0.2) is 53.7 Å². The number of hydrogen-bond donors (Lipinski definition) is 3. The van der Waals surface area contributed by atoms with Gasteiger partial charge in [-0.1, -0.05) is 6.07 Å². The molecule has 0 bridgehead atoms. The van der Waals surface area contributed by atoms with Gasteiger partial charge in [-0.05, 0) is 30.3 Å². The van der Waals surface area contributed by atoms with Gasteiger partial charge in [0.15, 0.2) is 0 Å². The molecule has 0 unspecified atom stereocenters. The van der Waals surface area contributed by atoms with E-state index in [0.29, 0.717) is 5.82 Å². The maximum atomic E-state index is 11.9. The average Bonchev–Trinajstić information content (AvgIpc) is 3.02. The van der Waals surface area contributed by atoms with E-state index >= 15 is 0 Å². The highest BCUT2D eigenvalue weighted by Gasteiger charge is 2.19. The second-order valence-corrected chi connectivity index (χ2v) is 6.93. The molecule has 0 saturated carbocycles. The van der Waals surface area contributed by atoms with Crippen LogP contribution < -0.4 is 10.9 Å². The van der Waals surface area contributed by atoms with Crippen LogP contribution in [0.1, 0.15) is 0 Å². The lowest BCUT2D eigenvalue weighted by Crippen LogP contribution is -2.14. The normalized spacial score (nSPS) is 12.0. The fraction of sp³-hybridized carbons (Fsp3) is 0. The van der Waals surface area contributed by atoms with E-state index in [0.717, 1.165) is 21.8 Å². The molecule has 0 saturated heterocycles. The lowest BCUT2D eigenvalue weighted by molar-refractivity contribution is 0.598. The van der Waals surface area contributed by atoms with Gasteiger partial charge < -0.3 is 10.7 Å². The van der Waals surface area contributed by atoms with Crippen LogP contribution in [0.3, 0.4) is 0 Å². The van der Waals surface area contributed by atoms with E-state index in [9.17, 15) is 8.42 Å². The SMILES string of the molecule is Nc1cccc(S(N)(=O)=O)c1-c1ncc2ccc3nccc3c2[nH]1. The summed E-state index contributed by atoms with van der Waals surface area (Å²) in [6.45, 7) is 0. The van der Waals surface area contributed by atoms with Crippen LogP contribution >= 0.6 is 0 Å². The largest absolute Gasteiger partial charge is 0.398 e. The minimum atomic E-state index is -3.94. The molecule has 0 fully saturated rings. The zero-order valence-electron chi connectivity index (χ0n) is 12.4. The van der Waals surface area contributed by atoms with E-state index in [1.165, 1.54) is 6.07 Å². The van der Waals surface area contributed by atoms with Gasteiger partial charge in [0.25, 0.3) is 0 Å². The molecule has 4 rings (SSSR count). The van der Waals surface area contributed by atoms with Gasteiger partial charge in [0.05, 0.1) is 21.5 Å². The van der Waals surface area contributed by atoms with Gasteiger partial charge in [-0.3, -0.25) is 4.98 Å². The fourth-order valence-corrected chi connectivity index (χ4v) is 3.56. The van der Waals surface area contributed by atoms with Crippen molar-refractivity contribution in [3.63, 3.8) is 0 Å². The summed E-state index contributed by atoms with van der Waals surface area (Å²) >= 11 is 0. The third kappa shape index (κ3) is 2.20. The van der Waals surface area contributed by atoms with Gasteiger partial charge in [-0.2, -0.15) is 0 Å². The Hall–Kier alpha value is -2.97. The summed E-state index contributed by atoms with van der Waals surface area (Å²) in [6, 6.07) is 10.2. The van der Waals surface area contributed by atoms with Gasteiger partial charge in [-0.15, -0.1) is 0 Å². The van der Waals surface area contributed by atoms with Crippen LogP contribution in [0.2, 0.25) is 0 Å². The van der Waals surface area contributed by atoms with Gasteiger partial charge in [-0.25, -0.2) is 18.5 Å². The van der Waals surface area contributed by atoms with Crippen molar-refractivity contribution in [3.8, 4) is 11.4 Å². The fourth-order valence-electron chi connectivity index (χ4n) is 2.80. The predicted molar refractivity (Wildman–Crippen MR) is 92.6 cm³/mol. The average molecular weight is 339 g/mol. The summed E-state index contributed by atoms with van der Waals surface area (Å²) in [5.74, 6) is 0.332. The molecule has 120 valence electrons. The molecule has 2 heterocycles. The number of nitrogens with zero attached hydrogens (tertiary/aromatic N) is 2. The number of aromatic nitrogens is 3. The zero-order chi connectivity index (χ0) is 16.9. The highest BCUT2D eigenvalue weighted by atomic mass is 32.2. The lowest BCUT2D eigenvalue weighted by atomic mass is 10.1. The first-order valence-electron chi connectivity index (χ1n) is 7.09. The number of anilines is 1. The number of primary sulfonamides is 1. The van der Waals surface area contributed by atoms with E-state index < -0.39 is 10.0 Å². The number of benzene rings is 2. The van der Waals surface area contributed by atoms with Crippen molar-refractivity contribution in [2.75, 3.05) is 5.73 Å². The summed E-state index contributed by atoms with van der Waals surface area (Å²) < 4.78 is 23.8. The number of nitrogens with one attached hydrogen (secondary N) is 1. The third-order valence-corrected chi connectivity index (χ3v) is 4.84. The van der Waals surface area contributed by atoms with Crippen molar-refractivity contribution in [3.05, 3.63) is 48.8 Å². The van der Waals surface area contributed by atoms with Crippen molar-refractivity contribution in [1.29, 1.82) is 0 Å². The molecular formula is C16H13N5O2S. The van der Waals surface area contributed by atoms with Crippen LogP contribution in [0, 0.1) is 0 Å². The first-order chi connectivity index (χ1) is 11.4. The first kappa shape index (κ1) is 14.6. The molecular weight excluding hydrogens is 326 g/mol. The van der Waals surface area contributed by atoms with E-state index in [-0.39, 0.29) is 16.1 Å². The van der Waals surface area contributed by atoms with Crippen molar-refractivity contribution in [2.24, 2.45) is 5.14 Å². The molecule has 8 heteroatoms. The van der Waals surface area contributed by atoms with E-state index in [2.05, 4.69) is 15.0 Å². The maximum Gasteiger partial charge on any atom is 0.238 e. The molecule has 24 heavy (non-hydrogen) atoms. The lowest BCUT2D eigenvalue weighted by Gasteiger charge is -2.11. The van der Waals surface area contributed by atoms with Crippen LogP contribution in [0.4, 0.5) is 5.69 Å². The smallest absolute Gasteiger partial charge is 0.238 e. The van der Waals surface area contributed by atoms with Crippen LogP contribution in [-0.4, -0.2) is 23.4 Å². The Bertz CT molecular complexity index is 1200. The number of nitrogens with two attached hydrogens (primary N) is 2. The van der Waals surface area contributed by atoms with Crippen LogP contribution in [-0.2, 0) is 10.0 Å². The quantitative estimate of drug-likeness (QED) is 0.481. The molecule has 2 aromatic heterocycles. The molecule has 0 atom stereocenters. The van der Waals surface area contributed by atoms with Gasteiger partial charge in [0.1, 0.15) is 5.82 Å². The molecule has 0 amide bonds. The highest BCUT2D eigenvalue weighted by Crippen LogP contribution is 2.31. The van der Waals surface area contributed by atoms with E-state index in [1.54, 1.807) is 24.5 Å². The third-order valence-electron chi connectivity index (χ3n) is 3.89. The van der Waals surface area contributed by atoms with Gasteiger partial charge >= 0.3 is 0 Å². The Labute approximate surface area is 137 Å². The molecule has 2 aromatic carbocycles. The topological polar surface area (TPSA) is 128 Å². The number of fused-ring (bicyclic) bond motifs is 3. The summed E-state index contributed by atoms with van der Waals surface area (Å²) in [6.07, 6.45) is 3.37. The second kappa shape index (κ2) is 5.02. The standard InChI is InChI=1S/C16H13N5O2S/c17-11-2-1-3-13(24(18,22)23)14(11)16-20-8-9-4-5-12-10(6-7-19-12)15(9)21-16/h1-8H,17H2,(H,20,21)(H2,18,22,23). The molecule has 0 radical (unpaired) electrons. The van der Waals surface area contributed by atoms with Crippen molar-refractivity contribution in [2.45, 2.75) is 4.90 Å². The van der Waals surface area contributed by atoms with E-state index in [1.807, 2.05) is 18.2 Å². The molecule has 7 nitrogen and oxygen atoms in total. The molecule has 0 aliphatic heterocycles. The minimum Gasteiger partial charge on any atom is -0.398 e. The molecule has 0 aliphatic rings. The van der Waals surface area contributed by atoms with Crippen molar-refractivity contribution in [1.82, 2.24) is 15.0 Å². The number of aromatic amines is 1. The molecule has 0 spiro atoms. The predicted octanol–water partition coefficient (Wildman–Crippen LogP) is 2.01. The molecule has 5 N–H and O–H groups in total. The summed E-state index contributed by atoms with van der Waals surface area (Å²) in [5.41, 5.74) is 8.17. The molecule has 4 aromatic rings. The monoisotopic (exact) mass is 339 g/mol. The minimum absolute atomic E-state index is 0.0709. The van der Waals surface area contributed by atoms with Crippen molar-refractivity contribution >= 4 is 37.5 Å². The van der Waals surface area contributed by atoms with Gasteiger partial charge in [0, 0.05) is 28.9 Å². The van der Waals surface area contributed by atoms with Gasteiger partial charge in [0.2, 0.25) is 10.0 Å². The number of sulfonamides is 1. The van der Waals surface area contributed by atoms with Crippen LogP contribution in [0.25, 0.3) is 33.2 Å². The Morgan fingerprint density at radius 3 is 2.67 bits per heavy atom. The number of H-pyrrole nitrogens is 1. The summed E-state index contributed by atoms with van der Waals surface area (Å²) in [7, 11) is -3.94.